The molecule has 6 heteroatoms. The first kappa shape index (κ1) is 17.4. The Morgan fingerprint density at radius 2 is 1.91 bits per heavy atom. The smallest absolute Gasteiger partial charge is 0.213 e. The Balaban J connectivity index is 1.96. The van der Waals surface area contributed by atoms with Gasteiger partial charge in [0.15, 0.2) is 0 Å². The van der Waals surface area contributed by atoms with Crippen molar-refractivity contribution in [2.24, 2.45) is 0 Å². The van der Waals surface area contributed by atoms with Crippen LogP contribution in [0.3, 0.4) is 0 Å². The summed E-state index contributed by atoms with van der Waals surface area (Å²) in [5, 5.41) is 0. The summed E-state index contributed by atoms with van der Waals surface area (Å²) in [6, 6.07) is 10.5. The number of benzene rings is 1. The summed E-state index contributed by atoms with van der Waals surface area (Å²) in [6.45, 7) is 2.79. The summed E-state index contributed by atoms with van der Waals surface area (Å²) in [5.74, 6) is 0.0154. The van der Waals surface area contributed by atoms with Gasteiger partial charge in [0.1, 0.15) is 0 Å². The molecule has 0 amide bonds. The highest BCUT2D eigenvalue weighted by Crippen LogP contribution is 2.15. The Morgan fingerprint density at radius 3 is 2.55 bits per heavy atom. The average Bonchev–Trinajstić information content (AvgIpc) is 3.05. The van der Waals surface area contributed by atoms with Gasteiger partial charge in [0.05, 0.1) is 12.4 Å². The quantitative estimate of drug-likeness (QED) is 0.742. The second-order valence-corrected chi connectivity index (χ2v) is 7.67. The molecule has 22 heavy (non-hydrogen) atoms. The molecule has 1 aromatic rings. The second-order valence-electron chi connectivity index (χ2n) is 5.75. The van der Waals surface area contributed by atoms with Gasteiger partial charge in [0.25, 0.3) is 0 Å². The van der Waals surface area contributed by atoms with Gasteiger partial charge in [-0.1, -0.05) is 30.3 Å². The van der Waals surface area contributed by atoms with E-state index < -0.39 is 10.0 Å². The van der Waals surface area contributed by atoms with Crippen molar-refractivity contribution in [1.82, 2.24) is 9.62 Å². The number of hydrogen-bond donors (Lipinski definition) is 1. The first-order chi connectivity index (χ1) is 10.6. The van der Waals surface area contributed by atoms with Crippen molar-refractivity contribution in [3.05, 3.63) is 35.9 Å². The zero-order valence-corrected chi connectivity index (χ0v) is 14.0. The van der Waals surface area contributed by atoms with E-state index in [9.17, 15) is 8.42 Å². The summed E-state index contributed by atoms with van der Waals surface area (Å²) in [7, 11) is -1.75. The van der Waals surface area contributed by atoms with Crippen molar-refractivity contribution in [3.8, 4) is 0 Å². The predicted molar refractivity (Wildman–Crippen MR) is 88.4 cm³/mol. The first-order valence-corrected chi connectivity index (χ1v) is 9.50. The van der Waals surface area contributed by atoms with Crippen LogP contribution in [0.5, 0.6) is 0 Å². The van der Waals surface area contributed by atoms with E-state index in [1.54, 1.807) is 0 Å². The molecule has 1 N–H and O–H groups in total. The van der Waals surface area contributed by atoms with Crippen LogP contribution in [0.15, 0.2) is 30.3 Å². The molecule has 124 valence electrons. The molecule has 0 bridgehead atoms. The minimum Gasteiger partial charge on any atom is -0.384 e. The minimum atomic E-state index is -3.26. The van der Waals surface area contributed by atoms with Crippen LogP contribution in [0.4, 0.5) is 0 Å². The number of likely N-dealkylation sites (tertiary alicyclic amines) is 1. The summed E-state index contributed by atoms with van der Waals surface area (Å²) in [6.07, 6.45) is 3.26. The molecule has 0 aliphatic carbocycles. The van der Waals surface area contributed by atoms with Crippen molar-refractivity contribution < 1.29 is 13.2 Å². The van der Waals surface area contributed by atoms with Crippen LogP contribution in [-0.2, 0) is 21.2 Å². The predicted octanol–water partition coefficient (Wildman–Crippen LogP) is 1.26. The van der Waals surface area contributed by atoms with Crippen LogP contribution in [-0.4, -0.2) is 58.5 Å². The van der Waals surface area contributed by atoms with Crippen LogP contribution in [0.2, 0.25) is 0 Å². The third-order valence-electron chi connectivity index (χ3n) is 4.07. The van der Waals surface area contributed by atoms with Crippen LogP contribution < -0.4 is 4.72 Å². The zero-order valence-electron chi connectivity index (χ0n) is 13.2. The monoisotopic (exact) mass is 326 g/mol. The van der Waals surface area contributed by atoms with Gasteiger partial charge in [-0.15, -0.1) is 0 Å². The normalized spacial score (nSPS) is 17.7. The molecule has 1 fully saturated rings. The van der Waals surface area contributed by atoms with Gasteiger partial charge in [-0.3, -0.25) is 4.90 Å². The van der Waals surface area contributed by atoms with E-state index >= 15 is 0 Å². The third-order valence-corrected chi connectivity index (χ3v) is 5.38. The van der Waals surface area contributed by atoms with Crippen LogP contribution in [0.25, 0.3) is 0 Å². The Hall–Kier alpha value is -0.950. The van der Waals surface area contributed by atoms with Gasteiger partial charge in [0.2, 0.25) is 10.0 Å². The molecule has 0 saturated carbocycles. The molecule has 0 spiro atoms. The van der Waals surface area contributed by atoms with Gasteiger partial charge in [0, 0.05) is 19.7 Å². The fourth-order valence-electron chi connectivity index (χ4n) is 2.81. The Labute approximate surface area is 133 Å². The SMILES string of the molecule is COCCS(=O)(=O)NCC(Cc1ccccc1)N1CCCC1. The maximum absolute atomic E-state index is 12.0. The molecule has 1 atom stereocenters. The van der Waals surface area contributed by atoms with E-state index in [-0.39, 0.29) is 18.4 Å². The molecule has 1 heterocycles. The van der Waals surface area contributed by atoms with Crippen LogP contribution in [0.1, 0.15) is 18.4 Å². The van der Waals surface area contributed by atoms with E-state index in [1.165, 1.54) is 25.5 Å². The lowest BCUT2D eigenvalue weighted by Crippen LogP contribution is -2.44. The largest absolute Gasteiger partial charge is 0.384 e. The topological polar surface area (TPSA) is 58.6 Å². The van der Waals surface area contributed by atoms with Gasteiger partial charge in [-0.2, -0.15) is 0 Å². The zero-order chi connectivity index (χ0) is 15.8. The summed E-state index contributed by atoms with van der Waals surface area (Å²) in [4.78, 5) is 2.39. The maximum atomic E-state index is 12.0. The maximum Gasteiger partial charge on any atom is 0.213 e. The molecule has 1 aromatic carbocycles. The van der Waals surface area contributed by atoms with E-state index in [1.807, 2.05) is 18.2 Å². The Bertz CT molecular complexity index is 528. The molecule has 5 nitrogen and oxygen atoms in total. The molecule has 0 aromatic heterocycles. The molecular formula is C16H26N2O3S. The molecule has 2 rings (SSSR count). The van der Waals surface area contributed by atoms with Crippen molar-refractivity contribution in [3.63, 3.8) is 0 Å². The standard InChI is InChI=1S/C16H26N2O3S/c1-21-11-12-22(19,20)17-14-16(18-9-5-6-10-18)13-15-7-3-2-4-8-15/h2-4,7-8,16-17H,5-6,9-14H2,1H3. The molecule has 1 aliphatic heterocycles. The van der Waals surface area contributed by atoms with Crippen molar-refractivity contribution in [2.45, 2.75) is 25.3 Å². The molecule has 1 unspecified atom stereocenters. The number of rotatable bonds is 9. The summed E-state index contributed by atoms with van der Waals surface area (Å²) >= 11 is 0. The molecular weight excluding hydrogens is 300 g/mol. The van der Waals surface area contributed by atoms with E-state index in [2.05, 4.69) is 21.8 Å². The second kappa shape index (κ2) is 8.62. The van der Waals surface area contributed by atoms with Crippen LogP contribution >= 0.6 is 0 Å². The fraction of sp³-hybridized carbons (Fsp3) is 0.625. The van der Waals surface area contributed by atoms with Gasteiger partial charge in [-0.25, -0.2) is 13.1 Å². The number of nitrogens with zero attached hydrogens (tertiary/aromatic N) is 1. The van der Waals surface area contributed by atoms with Crippen molar-refractivity contribution in [1.29, 1.82) is 0 Å². The number of hydrogen-bond acceptors (Lipinski definition) is 4. The number of methoxy groups -OCH3 is 1. The van der Waals surface area contributed by atoms with E-state index in [0.717, 1.165) is 19.5 Å². The van der Waals surface area contributed by atoms with Crippen molar-refractivity contribution in [2.75, 3.05) is 39.1 Å². The Kier molecular flexibility index (Phi) is 6.82. The summed E-state index contributed by atoms with van der Waals surface area (Å²) < 4.78 is 31.5. The average molecular weight is 326 g/mol. The van der Waals surface area contributed by atoms with Crippen molar-refractivity contribution >= 4 is 10.0 Å². The highest BCUT2D eigenvalue weighted by atomic mass is 32.2. The van der Waals surface area contributed by atoms with Gasteiger partial charge >= 0.3 is 0 Å². The minimum absolute atomic E-state index is 0.0154. The number of nitrogens with one attached hydrogen (secondary N) is 1. The first-order valence-electron chi connectivity index (χ1n) is 7.85. The lowest BCUT2D eigenvalue weighted by molar-refractivity contribution is 0.216. The lowest BCUT2D eigenvalue weighted by atomic mass is 10.1. The highest BCUT2D eigenvalue weighted by molar-refractivity contribution is 7.89. The Morgan fingerprint density at radius 1 is 1.23 bits per heavy atom. The number of sulfonamides is 1. The van der Waals surface area contributed by atoms with Gasteiger partial charge < -0.3 is 4.74 Å². The summed E-state index contributed by atoms with van der Waals surface area (Å²) in [5.41, 5.74) is 1.25. The number of ether oxygens (including phenoxy) is 1. The molecule has 1 aliphatic rings. The van der Waals surface area contributed by atoms with Gasteiger partial charge in [-0.05, 0) is 37.9 Å². The highest BCUT2D eigenvalue weighted by Gasteiger charge is 2.23. The van der Waals surface area contributed by atoms with Crippen LogP contribution in [0, 0.1) is 0 Å². The lowest BCUT2D eigenvalue weighted by Gasteiger charge is -2.28. The van der Waals surface area contributed by atoms with E-state index in [0.29, 0.717) is 6.54 Å². The molecule has 0 radical (unpaired) electrons. The molecule has 1 saturated heterocycles. The van der Waals surface area contributed by atoms with E-state index in [4.69, 9.17) is 4.74 Å². The third kappa shape index (κ3) is 5.68. The fourth-order valence-corrected chi connectivity index (χ4v) is 3.79.